The van der Waals surface area contributed by atoms with Gasteiger partial charge in [0, 0.05) is 5.41 Å². The van der Waals surface area contributed by atoms with Gasteiger partial charge in [-0.15, -0.1) is 0 Å². The fourth-order valence-electron chi connectivity index (χ4n) is 0.306. The highest BCUT2D eigenvalue weighted by atomic mass is 16.1. The molecule has 0 aliphatic carbocycles. The number of carbonyl (C=O) groups excluding carboxylic acids is 1. The molecule has 2 heteroatoms. The van der Waals surface area contributed by atoms with Gasteiger partial charge in [-0.25, -0.2) is 0 Å². The van der Waals surface area contributed by atoms with Crippen molar-refractivity contribution in [2.24, 2.45) is 11.1 Å². The molecule has 0 aromatic carbocycles. The summed E-state index contributed by atoms with van der Waals surface area (Å²) < 4.78 is 0. The molecule has 0 aromatic heterocycles. The normalized spacial score (nSPS) is 10.2. The van der Waals surface area contributed by atoms with E-state index < -0.39 is 0 Å². The van der Waals surface area contributed by atoms with E-state index in [1.165, 1.54) is 0 Å². The lowest BCUT2D eigenvalue weighted by Gasteiger charge is -2.13. The molecule has 0 spiro atoms. The summed E-state index contributed by atoms with van der Waals surface area (Å²) in [6, 6.07) is 0. The first kappa shape index (κ1) is 11.4. The third-order valence-corrected chi connectivity index (χ3v) is 1.02. The molecule has 0 aliphatic heterocycles. The summed E-state index contributed by atoms with van der Waals surface area (Å²) >= 11 is 0. The van der Waals surface area contributed by atoms with E-state index in [1.54, 1.807) is 0 Å². The molecule has 2 nitrogen and oxygen atoms in total. The number of Topliss-reactive ketones (excluding diaryl/α,β-unsaturated/α-hetero) is 1. The van der Waals surface area contributed by atoms with Crippen LogP contribution < -0.4 is 5.73 Å². The molecule has 0 radical (unpaired) electrons. The Morgan fingerprint density at radius 2 is 1.78 bits per heavy atom. The molecule has 0 heterocycles. The zero-order chi connectivity index (χ0) is 6.78. The lowest BCUT2D eigenvalue weighted by molar-refractivity contribution is -0.124. The van der Waals surface area contributed by atoms with Gasteiger partial charge in [-0.05, 0) is 0 Å². The van der Waals surface area contributed by atoms with Gasteiger partial charge >= 0.3 is 0 Å². The Balaban J connectivity index is 0. The number of rotatable bonds is 1. The first-order chi connectivity index (χ1) is 3.48. The number of nitrogens with two attached hydrogens (primary N) is 1. The van der Waals surface area contributed by atoms with Crippen molar-refractivity contribution in [2.45, 2.75) is 28.2 Å². The van der Waals surface area contributed by atoms with Gasteiger partial charge in [0.1, 0.15) is 0 Å². The Kier molecular flexibility index (Phi) is 4.59. The zero-order valence-corrected chi connectivity index (χ0v) is 5.69. The maximum atomic E-state index is 10.7. The standard InChI is InChI=1S/C6H13NO.CH4/c1-6(2,3)5(8)4-7;/h4,7H2,1-3H3;1H4. The Morgan fingerprint density at radius 1 is 1.44 bits per heavy atom. The Bertz CT molecular complexity index is 91.6. The van der Waals surface area contributed by atoms with Crippen LogP contribution in [0.4, 0.5) is 0 Å². The Labute approximate surface area is 57.4 Å². The summed E-state index contributed by atoms with van der Waals surface area (Å²) in [7, 11) is 0. The molecule has 9 heavy (non-hydrogen) atoms. The molecule has 0 rings (SSSR count). The van der Waals surface area contributed by atoms with Gasteiger partial charge in [-0.2, -0.15) is 0 Å². The molecule has 0 atom stereocenters. The van der Waals surface area contributed by atoms with Gasteiger partial charge in [0.15, 0.2) is 5.78 Å². The first-order valence-corrected chi connectivity index (χ1v) is 2.72. The third-order valence-electron chi connectivity index (χ3n) is 1.02. The summed E-state index contributed by atoms with van der Waals surface area (Å²) in [6.45, 7) is 5.75. The number of ketones is 1. The number of hydrogen-bond donors (Lipinski definition) is 1. The molecule has 0 amide bonds. The van der Waals surface area contributed by atoms with Crippen molar-refractivity contribution < 1.29 is 4.79 Å². The summed E-state index contributed by atoms with van der Waals surface area (Å²) in [4.78, 5) is 10.7. The van der Waals surface area contributed by atoms with E-state index in [0.717, 1.165) is 0 Å². The van der Waals surface area contributed by atoms with Crippen molar-refractivity contribution in [1.82, 2.24) is 0 Å². The van der Waals surface area contributed by atoms with E-state index in [-0.39, 0.29) is 25.2 Å². The van der Waals surface area contributed by atoms with E-state index in [9.17, 15) is 4.79 Å². The fraction of sp³-hybridized carbons (Fsp3) is 0.857. The average molecular weight is 131 g/mol. The maximum Gasteiger partial charge on any atom is 0.151 e. The van der Waals surface area contributed by atoms with Crippen LogP contribution in [0, 0.1) is 5.41 Å². The van der Waals surface area contributed by atoms with Gasteiger partial charge in [-0.1, -0.05) is 28.2 Å². The molecule has 0 aliphatic rings. The molecule has 0 saturated carbocycles. The highest BCUT2D eigenvalue weighted by molar-refractivity contribution is 5.85. The van der Waals surface area contributed by atoms with Crippen LogP contribution in [-0.2, 0) is 4.79 Å². The summed E-state index contributed by atoms with van der Waals surface area (Å²) in [5.74, 6) is 0.109. The van der Waals surface area contributed by atoms with Crippen molar-refractivity contribution in [2.75, 3.05) is 6.54 Å². The molecular weight excluding hydrogens is 114 g/mol. The predicted octanol–water partition coefficient (Wildman–Crippen LogP) is 1.20. The minimum absolute atomic E-state index is 0. The third kappa shape index (κ3) is 4.15. The van der Waals surface area contributed by atoms with Crippen LogP contribution in [0.15, 0.2) is 0 Å². The molecule has 0 saturated heterocycles. The van der Waals surface area contributed by atoms with E-state index in [2.05, 4.69) is 0 Å². The van der Waals surface area contributed by atoms with Gasteiger partial charge in [-0.3, -0.25) is 4.79 Å². The van der Waals surface area contributed by atoms with Gasteiger partial charge < -0.3 is 5.73 Å². The molecule has 0 unspecified atom stereocenters. The van der Waals surface area contributed by atoms with Crippen molar-refractivity contribution >= 4 is 5.78 Å². The lowest BCUT2D eigenvalue weighted by atomic mass is 9.91. The van der Waals surface area contributed by atoms with Crippen LogP contribution >= 0.6 is 0 Å². The Hall–Kier alpha value is -0.370. The first-order valence-electron chi connectivity index (χ1n) is 2.72. The fourth-order valence-corrected chi connectivity index (χ4v) is 0.306. The van der Waals surface area contributed by atoms with Crippen molar-refractivity contribution in [3.8, 4) is 0 Å². The lowest BCUT2D eigenvalue weighted by Crippen LogP contribution is -2.27. The minimum atomic E-state index is -0.255. The highest BCUT2D eigenvalue weighted by Crippen LogP contribution is 2.12. The molecule has 0 bridgehead atoms. The second-order valence-electron chi connectivity index (χ2n) is 2.88. The quantitative estimate of drug-likeness (QED) is 0.581. The second-order valence-corrected chi connectivity index (χ2v) is 2.88. The van der Waals surface area contributed by atoms with Crippen LogP contribution in [0.3, 0.4) is 0 Å². The topological polar surface area (TPSA) is 43.1 Å². The van der Waals surface area contributed by atoms with E-state index in [1.807, 2.05) is 20.8 Å². The molecule has 2 N–H and O–H groups in total. The van der Waals surface area contributed by atoms with E-state index in [4.69, 9.17) is 5.73 Å². The van der Waals surface area contributed by atoms with Crippen molar-refractivity contribution in [3.05, 3.63) is 0 Å². The molecular formula is C7H17NO. The Morgan fingerprint density at radius 3 is 1.78 bits per heavy atom. The maximum absolute atomic E-state index is 10.7. The van der Waals surface area contributed by atoms with Crippen LogP contribution in [0.1, 0.15) is 28.2 Å². The zero-order valence-electron chi connectivity index (χ0n) is 5.69. The smallest absolute Gasteiger partial charge is 0.151 e. The minimum Gasteiger partial charge on any atom is -0.324 e. The van der Waals surface area contributed by atoms with Crippen molar-refractivity contribution in [3.63, 3.8) is 0 Å². The second kappa shape index (κ2) is 3.62. The van der Waals surface area contributed by atoms with Gasteiger partial charge in [0.05, 0.1) is 6.54 Å². The monoisotopic (exact) mass is 131 g/mol. The van der Waals surface area contributed by atoms with Crippen molar-refractivity contribution in [1.29, 1.82) is 0 Å². The van der Waals surface area contributed by atoms with Gasteiger partial charge in [0.25, 0.3) is 0 Å². The summed E-state index contributed by atoms with van der Waals surface area (Å²) in [5.41, 5.74) is 4.85. The highest BCUT2D eigenvalue weighted by Gasteiger charge is 2.18. The molecule has 56 valence electrons. The van der Waals surface area contributed by atoms with E-state index in [0.29, 0.717) is 0 Å². The number of hydrogen-bond acceptors (Lipinski definition) is 2. The molecule has 0 fully saturated rings. The van der Waals surface area contributed by atoms with Crippen LogP contribution in [-0.4, -0.2) is 12.3 Å². The predicted molar refractivity (Wildman–Crippen MR) is 40.2 cm³/mol. The van der Waals surface area contributed by atoms with Gasteiger partial charge in [0.2, 0.25) is 0 Å². The van der Waals surface area contributed by atoms with Crippen LogP contribution in [0.25, 0.3) is 0 Å². The summed E-state index contributed by atoms with van der Waals surface area (Å²) in [6.07, 6.45) is 0. The van der Waals surface area contributed by atoms with Crippen LogP contribution in [0.5, 0.6) is 0 Å². The molecule has 0 aromatic rings. The SMILES string of the molecule is C.CC(C)(C)C(=O)CN. The largest absolute Gasteiger partial charge is 0.324 e. The van der Waals surface area contributed by atoms with E-state index >= 15 is 0 Å². The summed E-state index contributed by atoms with van der Waals surface area (Å²) in [5, 5.41) is 0. The average Bonchev–Trinajstić information content (AvgIpc) is 1.62. The number of carbonyl (C=O) groups is 1. The van der Waals surface area contributed by atoms with Crippen LogP contribution in [0.2, 0.25) is 0 Å².